The number of amides is 2. The maximum Gasteiger partial charge on any atom is 0.225 e. The zero-order chi connectivity index (χ0) is 19.4. The Morgan fingerprint density at radius 3 is 2.74 bits per heavy atom. The van der Waals surface area contributed by atoms with Crippen molar-refractivity contribution in [2.75, 3.05) is 19.6 Å². The van der Waals surface area contributed by atoms with Crippen molar-refractivity contribution in [3.8, 4) is 5.75 Å². The minimum Gasteiger partial charge on any atom is -0.491 e. The number of nitrogens with one attached hydrogen (secondary N) is 1. The fourth-order valence-corrected chi connectivity index (χ4v) is 3.51. The van der Waals surface area contributed by atoms with Gasteiger partial charge in [0.25, 0.3) is 0 Å². The van der Waals surface area contributed by atoms with Crippen LogP contribution in [0.1, 0.15) is 51.2 Å². The van der Waals surface area contributed by atoms with Crippen LogP contribution in [0.25, 0.3) is 0 Å². The van der Waals surface area contributed by atoms with E-state index in [1.165, 1.54) is 0 Å². The fourth-order valence-electron chi connectivity index (χ4n) is 3.51. The number of aliphatic hydroxyl groups excluding tert-OH is 1. The highest BCUT2D eigenvalue weighted by Crippen LogP contribution is 2.32. The topological polar surface area (TPSA) is 78.9 Å². The third-order valence-electron chi connectivity index (χ3n) is 5.11. The Bertz CT molecular complexity index is 672. The first kappa shape index (κ1) is 19.7. The van der Waals surface area contributed by atoms with Crippen LogP contribution in [0.4, 0.5) is 0 Å². The molecule has 1 aliphatic carbocycles. The fraction of sp³-hybridized carbons (Fsp3) is 0.619. The second-order valence-electron chi connectivity index (χ2n) is 7.90. The van der Waals surface area contributed by atoms with Crippen LogP contribution in [0.5, 0.6) is 5.75 Å². The maximum absolute atomic E-state index is 12.5. The lowest BCUT2D eigenvalue weighted by Gasteiger charge is -2.32. The summed E-state index contributed by atoms with van der Waals surface area (Å²) >= 11 is 0. The van der Waals surface area contributed by atoms with Crippen molar-refractivity contribution in [3.05, 3.63) is 29.8 Å². The Kier molecular flexibility index (Phi) is 6.37. The average Bonchev–Trinajstić information content (AvgIpc) is 3.50. The van der Waals surface area contributed by atoms with Gasteiger partial charge in [0.15, 0.2) is 0 Å². The molecule has 0 spiro atoms. The van der Waals surface area contributed by atoms with Crippen molar-refractivity contribution in [1.82, 2.24) is 10.2 Å². The quantitative estimate of drug-likeness (QED) is 0.767. The van der Waals surface area contributed by atoms with Crippen molar-refractivity contribution in [3.63, 3.8) is 0 Å². The molecule has 1 heterocycles. The number of nitrogens with zero attached hydrogens (tertiary/aromatic N) is 1. The van der Waals surface area contributed by atoms with Crippen LogP contribution in [0.2, 0.25) is 0 Å². The summed E-state index contributed by atoms with van der Waals surface area (Å²) in [4.78, 5) is 26.6. The highest BCUT2D eigenvalue weighted by atomic mass is 16.5. The third-order valence-corrected chi connectivity index (χ3v) is 5.11. The molecule has 1 aromatic carbocycles. The van der Waals surface area contributed by atoms with Gasteiger partial charge in [0.05, 0.1) is 18.1 Å². The molecule has 1 saturated carbocycles. The molecule has 1 aromatic rings. The molecule has 2 aliphatic rings. The van der Waals surface area contributed by atoms with Crippen LogP contribution in [-0.4, -0.2) is 47.6 Å². The molecule has 2 unspecified atom stereocenters. The number of hydrogen-bond acceptors (Lipinski definition) is 4. The molecule has 6 heteroatoms. The van der Waals surface area contributed by atoms with E-state index < -0.39 is 6.10 Å². The summed E-state index contributed by atoms with van der Waals surface area (Å²) in [7, 11) is 0. The lowest BCUT2D eigenvalue weighted by Crippen LogP contribution is -2.46. The van der Waals surface area contributed by atoms with Crippen molar-refractivity contribution in [2.45, 2.75) is 51.7 Å². The monoisotopic (exact) mass is 374 g/mol. The number of carbonyl (C=O) groups excluding carboxylic acids is 2. The highest BCUT2D eigenvalue weighted by Gasteiger charge is 2.36. The van der Waals surface area contributed by atoms with Crippen molar-refractivity contribution >= 4 is 11.8 Å². The number of hydrogen-bond donors (Lipinski definition) is 2. The first-order valence-corrected chi connectivity index (χ1v) is 9.95. The predicted octanol–water partition coefficient (Wildman–Crippen LogP) is 2.27. The Morgan fingerprint density at radius 1 is 1.26 bits per heavy atom. The van der Waals surface area contributed by atoms with Crippen LogP contribution in [0.15, 0.2) is 24.3 Å². The smallest absolute Gasteiger partial charge is 0.225 e. The summed E-state index contributed by atoms with van der Waals surface area (Å²) in [5, 5.41) is 13.3. The van der Waals surface area contributed by atoms with Gasteiger partial charge in [0.1, 0.15) is 5.75 Å². The molecule has 0 aromatic heterocycles. The molecular weight excluding hydrogens is 344 g/mol. The minimum atomic E-state index is -0.794. The molecule has 1 saturated heterocycles. The van der Waals surface area contributed by atoms with Gasteiger partial charge in [-0.1, -0.05) is 12.1 Å². The molecule has 2 fully saturated rings. The van der Waals surface area contributed by atoms with Crippen LogP contribution >= 0.6 is 0 Å². The Hall–Kier alpha value is -2.08. The molecule has 1 aliphatic heterocycles. The van der Waals surface area contributed by atoms with E-state index >= 15 is 0 Å². The van der Waals surface area contributed by atoms with Crippen LogP contribution < -0.4 is 10.1 Å². The number of carbonyl (C=O) groups is 2. The summed E-state index contributed by atoms with van der Waals surface area (Å²) < 4.78 is 5.65. The molecule has 2 amide bonds. The zero-order valence-electron chi connectivity index (χ0n) is 16.2. The second kappa shape index (κ2) is 8.74. The summed E-state index contributed by atoms with van der Waals surface area (Å²) in [5.74, 6) is 0.819. The standard InChI is InChI=1S/C21H30N2O4/c1-14(2)27-18-7-3-5-16(11-18)19(24)12-22-20(25)17-6-4-10-23(13-17)21(26)15-8-9-15/h3,5,7,11,14-15,17,19,24H,4,6,8-10,12-13H2,1-2H3,(H,22,25). The lowest BCUT2D eigenvalue weighted by molar-refractivity contribution is -0.136. The number of likely N-dealkylation sites (tertiary alicyclic amines) is 1. The van der Waals surface area contributed by atoms with Crippen LogP contribution in [0, 0.1) is 11.8 Å². The Morgan fingerprint density at radius 2 is 2.04 bits per heavy atom. The third kappa shape index (κ3) is 5.45. The van der Waals surface area contributed by atoms with Crippen LogP contribution in [-0.2, 0) is 9.59 Å². The summed E-state index contributed by atoms with van der Waals surface area (Å²) in [5.41, 5.74) is 0.711. The molecule has 148 valence electrons. The van der Waals surface area contributed by atoms with Gasteiger partial charge in [0, 0.05) is 25.6 Å². The maximum atomic E-state index is 12.5. The highest BCUT2D eigenvalue weighted by molar-refractivity contribution is 5.83. The number of benzene rings is 1. The van der Waals surface area contributed by atoms with Gasteiger partial charge in [-0.05, 0) is 57.2 Å². The number of aliphatic hydroxyl groups is 1. The molecule has 2 N–H and O–H groups in total. The van der Waals surface area contributed by atoms with E-state index in [2.05, 4.69) is 5.32 Å². The summed E-state index contributed by atoms with van der Waals surface area (Å²) in [6.07, 6.45) is 2.87. The predicted molar refractivity (Wildman–Crippen MR) is 102 cm³/mol. The average molecular weight is 374 g/mol. The van der Waals surface area contributed by atoms with Crippen molar-refractivity contribution in [1.29, 1.82) is 0 Å². The van der Waals surface area contributed by atoms with Crippen LogP contribution in [0.3, 0.4) is 0 Å². The Balaban J connectivity index is 1.50. The van der Waals surface area contributed by atoms with Gasteiger partial charge in [-0.3, -0.25) is 9.59 Å². The largest absolute Gasteiger partial charge is 0.491 e. The van der Waals surface area contributed by atoms with Gasteiger partial charge in [-0.25, -0.2) is 0 Å². The van der Waals surface area contributed by atoms with Crippen molar-refractivity contribution < 1.29 is 19.4 Å². The molecule has 6 nitrogen and oxygen atoms in total. The van der Waals surface area contributed by atoms with E-state index in [0.29, 0.717) is 17.9 Å². The molecular formula is C21H30N2O4. The van der Waals surface area contributed by atoms with Crippen molar-refractivity contribution in [2.24, 2.45) is 11.8 Å². The van der Waals surface area contributed by atoms with Gasteiger partial charge in [0.2, 0.25) is 11.8 Å². The van der Waals surface area contributed by atoms with E-state index in [0.717, 1.165) is 32.2 Å². The second-order valence-corrected chi connectivity index (χ2v) is 7.90. The summed E-state index contributed by atoms with van der Waals surface area (Å²) in [6, 6.07) is 7.30. The normalized spacial score (nSPS) is 21.0. The molecule has 0 radical (unpaired) electrons. The van der Waals surface area contributed by atoms with Gasteiger partial charge < -0.3 is 20.1 Å². The van der Waals surface area contributed by atoms with Gasteiger partial charge >= 0.3 is 0 Å². The van der Waals surface area contributed by atoms with Gasteiger partial charge in [-0.2, -0.15) is 0 Å². The van der Waals surface area contributed by atoms with E-state index in [4.69, 9.17) is 4.74 Å². The van der Waals surface area contributed by atoms with E-state index in [1.54, 1.807) is 6.07 Å². The first-order chi connectivity index (χ1) is 12.9. The molecule has 3 rings (SSSR count). The SMILES string of the molecule is CC(C)Oc1cccc(C(O)CNC(=O)C2CCCN(C(=O)C3CC3)C2)c1. The number of rotatable bonds is 7. The van der Waals surface area contributed by atoms with Gasteiger partial charge in [-0.15, -0.1) is 0 Å². The van der Waals surface area contributed by atoms with E-state index in [-0.39, 0.29) is 36.3 Å². The Labute approximate surface area is 160 Å². The molecule has 27 heavy (non-hydrogen) atoms. The van der Waals surface area contributed by atoms with E-state index in [9.17, 15) is 14.7 Å². The molecule has 2 atom stereocenters. The summed E-state index contributed by atoms with van der Waals surface area (Å²) in [6.45, 7) is 5.30. The minimum absolute atomic E-state index is 0.0599. The number of piperidine rings is 1. The zero-order valence-corrected chi connectivity index (χ0v) is 16.2. The first-order valence-electron chi connectivity index (χ1n) is 9.95. The number of ether oxygens (including phenoxy) is 1. The van der Waals surface area contributed by atoms with E-state index in [1.807, 2.05) is 36.9 Å². The molecule has 0 bridgehead atoms. The lowest BCUT2D eigenvalue weighted by atomic mass is 9.96.